The van der Waals surface area contributed by atoms with Gasteiger partial charge in [-0.25, -0.2) is 9.18 Å². The number of halogens is 1. The van der Waals surface area contributed by atoms with Crippen LogP contribution < -0.4 is 0 Å². The molecular formula is C6H7FN2O2. The monoisotopic (exact) mass is 158 g/mol. The maximum absolute atomic E-state index is 12.4. The molecule has 1 atom stereocenters. The molecule has 0 radical (unpaired) electrons. The van der Waals surface area contributed by atoms with Crippen molar-refractivity contribution in [2.45, 2.75) is 12.6 Å². The lowest BCUT2D eigenvalue weighted by Gasteiger charge is -2.10. The van der Waals surface area contributed by atoms with Gasteiger partial charge in [0, 0.05) is 6.54 Å². The number of nitrogens with zero attached hydrogens (tertiary/aromatic N) is 2. The Morgan fingerprint density at radius 3 is 3.00 bits per heavy atom. The number of carbonyl (C=O) groups is 1. The lowest BCUT2D eigenvalue weighted by Crippen LogP contribution is -2.28. The van der Waals surface area contributed by atoms with Crippen molar-refractivity contribution < 1.29 is 13.9 Å². The Hall–Kier alpha value is -1.31. The van der Waals surface area contributed by atoms with E-state index in [9.17, 15) is 9.18 Å². The third-order valence-electron chi connectivity index (χ3n) is 1.52. The average Bonchev–Trinajstić information content (AvgIpc) is 2.36. The molecule has 60 valence electrons. The molecule has 0 N–H and O–H groups in total. The Labute approximate surface area is 63.2 Å². The maximum Gasteiger partial charge on any atom is 0.425 e. The molecule has 0 aliphatic carbocycles. The Balaban J connectivity index is 2.38. The molecule has 0 saturated carbocycles. The lowest BCUT2D eigenvalue weighted by molar-refractivity contribution is 0.148. The summed E-state index contributed by atoms with van der Waals surface area (Å²) >= 11 is 0. The average molecular weight is 158 g/mol. The second kappa shape index (κ2) is 3.19. The SMILES string of the molecule is N#COC(=O)N1CCC(F)C1. The Bertz CT molecular complexity index is 201. The number of ether oxygens (including phenoxy) is 1. The molecule has 1 saturated heterocycles. The van der Waals surface area contributed by atoms with Crippen LogP contribution in [0.2, 0.25) is 0 Å². The van der Waals surface area contributed by atoms with Crippen LogP contribution in [0.1, 0.15) is 6.42 Å². The van der Waals surface area contributed by atoms with Gasteiger partial charge in [0.15, 0.2) is 0 Å². The van der Waals surface area contributed by atoms with E-state index in [0.29, 0.717) is 13.0 Å². The van der Waals surface area contributed by atoms with Gasteiger partial charge >= 0.3 is 6.09 Å². The molecule has 1 unspecified atom stereocenters. The molecule has 1 heterocycles. The highest BCUT2D eigenvalue weighted by Gasteiger charge is 2.26. The Kier molecular flexibility index (Phi) is 2.26. The van der Waals surface area contributed by atoms with E-state index in [1.807, 2.05) is 0 Å². The van der Waals surface area contributed by atoms with E-state index in [4.69, 9.17) is 5.26 Å². The molecule has 1 aliphatic heterocycles. The van der Waals surface area contributed by atoms with Crippen LogP contribution in [-0.4, -0.2) is 30.3 Å². The zero-order valence-corrected chi connectivity index (χ0v) is 5.79. The van der Waals surface area contributed by atoms with Crippen molar-refractivity contribution in [3.05, 3.63) is 0 Å². The van der Waals surface area contributed by atoms with Crippen molar-refractivity contribution >= 4 is 6.09 Å². The van der Waals surface area contributed by atoms with Crippen molar-refractivity contribution in [3.63, 3.8) is 0 Å². The van der Waals surface area contributed by atoms with Crippen LogP contribution in [0.3, 0.4) is 0 Å². The van der Waals surface area contributed by atoms with Gasteiger partial charge in [0.2, 0.25) is 0 Å². The van der Waals surface area contributed by atoms with Crippen molar-refractivity contribution in [2.75, 3.05) is 13.1 Å². The summed E-state index contributed by atoms with van der Waals surface area (Å²) in [4.78, 5) is 11.9. The smallest absolute Gasteiger partial charge is 0.333 e. The standard InChI is InChI=1S/C6H7FN2O2/c7-5-1-2-9(3-5)6(10)11-4-8/h5H,1-3H2. The number of rotatable bonds is 0. The van der Waals surface area contributed by atoms with Crippen LogP contribution in [0.15, 0.2) is 0 Å². The predicted molar refractivity (Wildman–Crippen MR) is 33.2 cm³/mol. The number of nitriles is 1. The van der Waals surface area contributed by atoms with Crippen LogP contribution in [-0.2, 0) is 4.74 Å². The highest BCUT2D eigenvalue weighted by atomic mass is 19.1. The molecule has 11 heavy (non-hydrogen) atoms. The fourth-order valence-electron chi connectivity index (χ4n) is 0.987. The fourth-order valence-corrected chi connectivity index (χ4v) is 0.987. The molecule has 1 fully saturated rings. The summed E-state index contributed by atoms with van der Waals surface area (Å²) in [5, 5.41) is 7.95. The first kappa shape index (κ1) is 7.79. The van der Waals surface area contributed by atoms with Gasteiger partial charge in [-0.2, -0.15) is 0 Å². The molecule has 1 aliphatic rings. The summed E-state index contributed by atoms with van der Waals surface area (Å²) in [6.07, 6.45) is -0.148. The van der Waals surface area contributed by atoms with E-state index in [2.05, 4.69) is 4.74 Å². The normalized spacial score (nSPS) is 22.9. The van der Waals surface area contributed by atoms with Crippen molar-refractivity contribution in [1.82, 2.24) is 4.90 Å². The second-order valence-corrected chi connectivity index (χ2v) is 2.29. The fraction of sp³-hybridized carbons (Fsp3) is 0.667. The lowest BCUT2D eigenvalue weighted by atomic mass is 10.3. The highest BCUT2D eigenvalue weighted by molar-refractivity contribution is 5.68. The zero-order valence-electron chi connectivity index (χ0n) is 5.79. The minimum atomic E-state index is -0.971. The van der Waals surface area contributed by atoms with E-state index in [0.717, 1.165) is 0 Å². The van der Waals surface area contributed by atoms with Gasteiger partial charge in [-0.05, 0) is 6.42 Å². The number of hydrogen-bond donors (Lipinski definition) is 0. The number of likely N-dealkylation sites (tertiary alicyclic amines) is 1. The first-order chi connectivity index (χ1) is 5.24. The van der Waals surface area contributed by atoms with Gasteiger partial charge in [0.05, 0.1) is 6.54 Å². The molecule has 4 nitrogen and oxygen atoms in total. The van der Waals surface area contributed by atoms with Crippen molar-refractivity contribution in [3.8, 4) is 6.26 Å². The van der Waals surface area contributed by atoms with Gasteiger partial charge in [0.1, 0.15) is 6.17 Å². The number of amides is 1. The third-order valence-corrected chi connectivity index (χ3v) is 1.52. The topological polar surface area (TPSA) is 53.3 Å². The molecule has 0 bridgehead atoms. The summed E-state index contributed by atoms with van der Waals surface area (Å²) in [5.41, 5.74) is 0. The Morgan fingerprint density at radius 1 is 1.82 bits per heavy atom. The molecular weight excluding hydrogens is 151 g/mol. The molecule has 5 heteroatoms. The molecule has 1 rings (SSSR count). The minimum absolute atomic E-state index is 0.0422. The second-order valence-electron chi connectivity index (χ2n) is 2.29. The van der Waals surface area contributed by atoms with Gasteiger partial charge in [0.25, 0.3) is 6.26 Å². The van der Waals surface area contributed by atoms with Crippen molar-refractivity contribution in [1.29, 1.82) is 5.26 Å². The molecule has 0 spiro atoms. The number of hydrogen-bond acceptors (Lipinski definition) is 3. The van der Waals surface area contributed by atoms with Gasteiger partial charge in [-0.15, -0.1) is 5.26 Å². The summed E-state index contributed by atoms with van der Waals surface area (Å²) in [5.74, 6) is 0. The summed E-state index contributed by atoms with van der Waals surface area (Å²) in [7, 11) is 0. The number of carbonyl (C=O) groups excluding carboxylic acids is 1. The predicted octanol–water partition coefficient (Wildman–Crippen LogP) is 0.648. The summed E-state index contributed by atoms with van der Waals surface area (Å²) in [6.45, 7) is 0.377. The van der Waals surface area contributed by atoms with E-state index < -0.39 is 12.3 Å². The van der Waals surface area contributed by atoms with E-state index >= 15 is 0 Å². The van der Waals surface area contributed by atoms with Crippen LogP contribution in [0.5, 0.6) is 0 Å². The first-order valence-corrected chi connectivity index (χ1v) is 3.23. The number of alkyl halides is 1. The van der Waals surface area contributed by atoms with E-state index in [1.165, 1.54) is 11.2 Å². The van der Waals surface area contributed by atoms with E-state index in [1.54, 1.807) is 0 Å². The molecule has 0 aromatic heterocycles. The van der Waals surface area contributed by atoms with Gasteiger partial charge in [-0.1, -0.05) is 0 Å². The maximum atomic E-state index is 12.4. The van der Waals surface area contributed by atoms with Crippen LogP contribution in [0, 0.1) is 11.5 Å². The third kappa shape index (κ3) is 1.80. The van der Waals surface area contributed by atoms with Crippen LogP contribution in [0.4, 0.5) is 9.18 Å². The van der Waals surface area contributed by atoms with Crippen molar-refractivity contribution in [2.24, 2.45) is 0 Å². The van der Waals surface area contributed by atoms with Crippen LogP contribution >= 0.6 is 0 Å². The summed E-state index contributed by atoms with van der Waals surface area (Å²) < 4.78 is 16.4. The minimum Gasteiger partial charge on any atom is -0.333 e. The summed E-state index contributed by atoms with van der Waals surface area (Å²) in [6, 6.07) is 0. The first-order valence-electron chi connectivity index (χ1n) is 3.23. The van der Waals surface area contributed by atoms with Gasteiger partial charge in [-0.3, -0.25) is 0 Å². The van der Waals surface area contributed by atoms with Crippen LogP contribution in [0.25, 0.3) is 0 Å². The zero-order chi connectivity index (χ0) is 8.27. The molecule has 1 amide bonds. The molecule has 0 aromatic rings. The van der Waals surface area contributed by atoms with Gasteiger partial charge < -0.3 is 9.64 Å². The largest absolute Gasteiger partial charge is 0.425 e. The highest BCUT2D eigenvalue weighted by Crippen LogP contribution is 2.12. The Morgan fingerprint density at radius 2 is 2.55 bits per heavy atom. The molecule has 0 aromatic carbocycles. The van der Waals surface area contributed by atoms with E-state index in [-0.39, 0.29) is 6.54 Å². The quantitative estimate of drug-likeness (QED) is 0.486.